The van der Waals surface area contributed by atoms with Crippen LogP contribution in [0.1, 0.15) is 0 Å². The molecule has 8 heavy (non-hydrogen) atoms. The maximum Gasteiger partial charge on any atom is 0.229 e. The minimum absolute atomic E-state index is 0.0694. The highest BCUT2D eigenvalue weighted by atomic mass is 32.2. The first-order chi connectivity index (χ1) is 3.80. The van der Waals surface area contributed by atoms with Crippen LogP contribution in [0.3, 0.4) is 0 Å². The Morgan fingerprint density at radius 3 is 2.62 bits per heavy atom. The molecule has 0 atom stereocenters. The fourth-order valence-corrected chi connectivity index (χ4v) is 1.14. The third-order valence-corrected chi connectivity index (χ3v) is 2.16. The highest BCUT2D eigenvalue weighted by molar-refractivity contribution is 7.75. The fraction of sp³-hybridized carbons (Fsp3) is 0. The molecule has 0 aromatic carbocycles. The van der Waals surface area contributed by atoms with E-state index in [2.05, 4.69) is 10.2 Å². The van der Waals surface area contributed by atoms with Crippen LogP contribution < -0.4 is 0 Å². The van der Waals surface area contributed by atoms with E-state index in [1.165, 1.54) is 5.51 Å². The second-order valence-electron chi connectivity index (χ2n) is 0.978. The van der Waals surface area contributed by atoms with Crippen LogP contribution in [0.15, 0.2) is 9.85 Å². The Kier molecular flexibility index (Phi) is 1.54. The van der Waals surface area contributed by atoms with Crippen molar-refractivity contribution >= 4 is 22.0 Å². The molecule has 4 nitrogen and oxygen atoms in total. The normalized spacial score (nSPS) is 10.1. The van der Waals surface area contributed by atoms with Gasteiger partial charge in [-0.3, -0.25) is 0 Å². The Bertz CT molecular complexity index is 218. The standard InChI is InChI=1S/C2H2N2O2S2/c5-8(6)2-4-3-1-7-2/h1,8H. The van der Waals surface area contributed by atoms with Gasteiger partial charge in [0.2, 0.25) is 4.34 Å². The monoisotopic (exact) mass is 150 g/mol. The topological polar surface area (TPSA) is 59.9 Å². The second-order valence-corrected chi connectivity index (χ2v) is 3.05. The Hall–Kier alpha value is -0.490. The third kappa shape index (κ3) is 1.01. The molecule has 0 saturated carbocycles. The summed E-state index contributed by atoms with van der Waals surface area (Å²) in [5.41, 5.74) is 1.38. The van der Waals surface area contributed by atoms with E-state index < -0.39 is 10.7 Å². The van der Waals surface area contributed by atoms with E-state index in [1.54, 1.807) is 0 Å². The Morgan fingerprint density at radius 1 is 1.62 bits per heavy atom. The highest BCUT2D eigenvalue weighted by Crippen LogP contribution is 2.00. The van der Waals surface area contributed by atoms with Crippen molar-refractivity contribution in [1.29, 1.82) is 0 Å². The van der Waals surface area contributed by atoms with Crippen molar-refractivity contribution in [3.8, 4) is 0 Å². The van der Waals surface area contributed by atoms with Crippen LogP contribution >= 0.6 is 11.3 Å². The van der Waals surface area contributed by atoms with Gasteiger partial charge in [0, 0.05) is 0 Å². The minimum Gasteiger partial charge on any atom is -0.224 e. The molecule has 44 valence electrons. The predicted molar refractivity (Wildman–Crippen MR) is 28.5 cm³/mol. The van der Waals surface area contributed by atoms with Crippen LogP contribution in [0.25, 0.3) is 0 Å². The summed E-state index contributed by atoms with van der Waals surface area (Å²) >= 11 is 1.01. The van der Waals surface area contributed by atoms with Crippen molar-refractivity contribution in [2.75, 3.05) is 0 Å². The van der Waals surface area contributed by atoms with E-state index in [0.29, 0.717) is 0 Å². The van der Waals surface area contributed by atoms with Crippen molar-refractivity contribution in [1.82, 2.24) is 10.2 Å². The van der Waals surface area contributed by atoms with Gasteiger partial charge in [-0.2, -0.15) is 0 Å². The summed E-state index contributed by atoms with van der Waals surface area (Å²) in [7, 11) is -2.51. The molecule has 0 bridgehead atoms. The summed E-state index contributed by atoms with van der Waals surface area (Å²) < 4.78 is 20.1. The minimum atomic E-state index is -2.51. The number of aromatic nitrogens is 2. The van der Waals surface area contributed by atoms with Gasteiger partial charge in [0.1, 0.15) is 5.51 Å². The zero-order valence-corrected chi connectivity index (χ0v) is 5.35. The van der Waals surface area contributed by atoms with Gasteiger partial charge in [0.15, 0.2) is 10.7 Å². The highest BCUT2D eigenvalue weighted by Gasteiger charge is 1.94. The fourth-order valence-electron chi connectivity index (χ4n) is 0.247. The summed E-state index contributed by atoms with van der Waals surface area (Å²) in [6.07, 6.45) is 0. The zero-order chi connectivity index (χ0) is 5.98. The molecule has 0 spiro atoms. The van der Waals surface area contributed by atoms with E-state index >= 15 is 0 Å². The largest absolute Gasteiger partial charge is 0.229 e. The average Bonchev–Trinajstić information content (AvgIpc) is 2.12. The molecule has 1 rings (SSSR count). The molecule has 1 aromatic heterocycles. The van der Waals surface area contributed by atoms with Gasteiger partial charge in [-0.25, -0.2) is 8.42 Å². The summed E-state index contributed by atoms with van der Waals surface area (Å²) in [5.74, 6) is 0. The van der Waals surface area contributed by atoms with Crippen molar-refractivity contribution in [2.45, 2.75) is 4.34 Å². The molecule has 0 aliphatic heterocycles. The first-order valence-electron chi connectivity index (χ1n) is 1.71. The van der Waals surface area contributed by atoms with E-state index in [4.69, 9.17) is 0 Å². The second kappa shape index (κ2) is 2.19. The van der Waals surface area contributed by atoms with Crippen molar-refractivity contribution in [2.24, 2.45) is 0 Å². The Balaban J connectivity index is 3.11. The van der Waals surface area contributed by atoms with Gasteiger partial charge in [-0.1, -0.05) is 11.3 Å². The Labute approximate surface area is 51.1 Å². The van der Waals surface area contributed by atoms with Crippen LogP contribution in [0.2, 0.25) is 0 Å². The molecule has 6 heteroatoms. The van der Waals surface area contributed by atoms with Gasteiger partial charge in [-0.15, -0.1) is 10.2 Å². The molecule has 0 radical (unpaired) electrons. The first-order valence-corrected chi connectivity index (χ1v) is 3.77. The third-order valence-electron chi connectivity index (χ3n) is 0.505. The first kappa shape index (κ1) is 5.64. The number of hydrogen-bond donors (Lipinski definition) is 1. The molecule has 0 fully saturated rings. The average molecular weight is 150 g/mol. The van der Waals surface area contributed by atoms with Crippen molar-refractivity contribution < 1.29 is 8.42 Å². The summed E-state index contributed by atoms with van der Waals surface area (Å²) in [6.45, 7) is 0. The van der Waals surface area contributed by atoms with Gasteiger partial charge in [0.05, 0.1) is 0 Å². The molecule has 1 aromatic rings. The van der Waals surface area contributed by atoms with E-state index in [0.717, 1.165) is 11.3 Å². The van der Waals surface area contributed by atoms with Gasteiger partial charge in [0.25, 0.3) is 0 Å². The van der Waals surface area contributed by atoms with E-state index in [-0.39, 0.29) is 4.34 Å². The van der Waals surface area contributed by atoms with E-state index in [9.17, 15) is 8.42 Å². The van der Waals surface area contributed by atoms with E-state index in [1.807, 2.05) is 0 Å². The number of nitrogens with zero attached hydrogens (tertiary/aromatic N) is 2. The Morgan fingerprint density at radius 2 is 2.38 bits per heavy atom. The zero-order valence-electron chi connectivity index (χ0n) is 3.64. The van der Waals surface area contributed by atoms with Crippen LogP contribution in [0, 0.1) is 0 Å². The lowest BCUT2D eigenvalue weighted by Crippen LogP contribution is -1.75. The lowest BCUT2D eigenvalue weighted by molar-refractivity contribution is 0.612. The van der Waals surface area contributed by atoms with Crippen LogP contribution in [-0.2, 0) is 10.7 Å². The lowest BCUT2D eigenvalue weighted by atomic mass is 11.6. The number of thiol groups is 1. The molecule has 0 amide bonds. The summed E-state index contributed by atoms with van der Waals surface area (Å²) in [5, 5.41) is 6.62. The maximum absolute atomic E-state index is 10.0. The predicted octanol–water partition coefficient (Wildman–Crippen LogP) is -0.492. The number of rotatable bonds is 1. The summed E-state index contributed by atoms with van der Waals surface area (Å²) in [4.78, 5) is 0. The molecule has 0 unspecified atom stereocenters. The quantitative estimate of drug-likeness (QED) is 0.549. The summed E-state index contributed by atoms with van der Waals surface area (Å²) in [6, 6.07) is 0. The van der Waals surface area contributed by atoms with Crippen molar-refractivity contribution in [3.63, 3.8) is 0 Å². The smallest absolute Gasteiger partial charge is 0.224 e. The van der Waals surface area contributed by atoms with Gasteiger partial charge < -0.3 is 0 Å². The van der Waals surface area contributed by atoms with Crippen LogP contribution in [0.4, 0.5) is 0 Å². The maximum atomic E-state index is 10.0. The molecular formula is C2H2N2O2S2. The molecule has 0 N–H and O–H groups in total. The number of hydrogen-bond acceptors (Lipinski definition) is 5. The van der Waals surface area contributed by atoms with Crippen LogP contribution in [-0.4, -0.2) is 18.6 Å². The SMILES string of the molecule is O=[SH](=O)c1nncs1. The molecule has 0 saturated heterocycles. The lowest BCUT2D eigenvalue weighted by Gasteiger charge is -1.67. The van der Waals surface area contributed by atoms with Gasteiger partial charge in [-0.05, 0) is 0 Å². The molecular weight excluding hydrogens is 148 g/mol. The molecule has 0 aliphatic rings. The molecule has 0 aliphatic carbocycles. The molecule has 1 heterocycles. The van der Waals surface area contributed by atoms with Crippen LogP contribution in [0.5, 0.6) is 0 Å². The van der Waals surface area contributed by atoms with Crippen molar-refractivity contribution in [3.05, 3.63) is 5.51 Å². The van der Waals surface area contributed by atoms with Gasteiger partial charge >= 0.3 is 0 Å².